The standard InChI is InChI=1S/C14H15ClO4/c15-11-5-9(6-12-13(11)19-8-18-12)7-17-14(16)10-3-1-2-4-10/h5-6,10H,1-4,7-8H2. The summed E-state index contributed by atoms with van der Waals surface area (Å²) in [5.74, 6) is 1.14. The third-order valence-electron chi connectivity index (χ3n) is 3.56. The summed E-state index contributed by atoms with van der Waals surface area (Å²) in [7, 11) is 0. The Bertz CT molecular complexity index is 494. The van der Waals surface area contributed by atoms with Crippen LogP contribution < -0.4 is 9.47 Å². The highest BCUT2D eigenvalue weighted by Crippen LogP contribution is 2.40. The number of carbonyl (C=O) groups is 1. The van der Waals surface area contributed by atoms with Crippen molar-refractivity contribution in [2.45, 2.75) is 32.3 Å². The molecule has 1 aliphatic heterocycles. The lowest BCUT2D eigenvalue weighted by atomic mass is 10.1. The molecule has 0 unspecified atom stereocenters. The number of benzene rings is 1. The fourth-order valence-corrected chi connectivity index (χ4v) is 2.83. The van der Waals surface area contributed by atoms with E-state index < -0.39 is 0 Å². The highest BCUT2D eigenvalue weighted by Gasteiger charge is 2.24. The van der Waals surface area contributed by atoms with Gasteiger partial charge in [-0.25, -0.2) is 0 Å². The van der Waals surface area contributed by atoms with Gasteiger partial charge >= 0.3 is 5.97 Å². The van der Waals surface area contributed by atoms with E-state index in [2.05, 4.69) is 0 Å². The molecule has 0 bridgehead atoms. The van der Waals surface area contributed by atoms with Crippen LogP contribution in [0.25, 0.3) is 0 Å². The molecule has 0 atom stereocenters. The van der Waals surface area contributed by atoms with Crippen LogP contribution in [0.2, 0.25) is 5.02 Å². The van der Waals surface area contributed by atoms with Gasteiger partial charge in [0.25, 0.3) is 0 Å². The molecule has 2 aliphatic rings. The Morgan fingerprint density at radius 3 is 2.89 bits per heavy atom. The van der Waals surface area contributed by atoms with E-state index in [0.717, 1.165) is 31.2 Å². The van der Waals surface area contributed by atoms with E-state index in [-0.39, 0.29) is 25.3 Å². The lowest BCUT2D eigenvalue weighted by molar-refractivity contribution is -0.149. The van der Waals surface area contributed by atoms with Crippen LogP contribution in [-0.4, -0.2) is 12.8 Å². The van der Waals surface area contributed by atoms with Gasteiger partial charge in [-0.05, 0) is 30.5 Å². The van der Waals surface area contributed by atoms with Crippen molar-refractivity contribution in [1.29, 1.82) is 0 Å². The van der Waals surface area contributed by atoms with E-state index in [1.165, 1.54) is 0 Å². The summed E-state index contributed by atoms with van der Waals surface area (Å²) in [5.41, 5.74) is 0.820. The fourth-order valence-electron chi connectivity index (χ4n) is 2.54. The Labute approximate surface area is 116 Å². The molecule has 0 saturated heterocycles. The molecule has 1 aromatic rings. The number of carbonyl (C=O) groups excluding carboxylic acids is 1. The average Bonchev–Trinajstić information content (AvgIpc) is 3.06. The zero-order valence-electron chi connectivity index (χ0n) is 10.5. The van der Waals surface area contributed by atoms with Gasteiger partial charge in [-0.2, -0.15) is 0 Å². The maximum absolute atomic E-state index is 11.8. The van der Waals surface area contributed by atoms with Crippen LogP contribution in [0.5, 0.6) is 11.5 Å². The Balaban J connectivity index is 1.64. The van der Waals surface area contributed by atoms with Crippen LogP contribution in [0.15, 0.2) is 12.1 Å². The summed E-state index contributed by atoms with van der Waals surface area (Å²) in [4.78, 5) is 11.8. The van der Waals surface area contributed by atoms with Gasteiger partial charge in [0.15, 0.2) is 11.5 Å². The number of halogens is 1. The molecule has 1 fully saturated rings. The van der Waals surface area contributed by atoms with Crippen molar-refractivity contribution >= 4 is 17.6 Å². The molecular formula is C14H15ClO4. The zero-order chi connectivity index (χ0) is 13.2. The molecule has 3 rings (SSSR count). The molecule has 4 nitrogen and oxygen atoms in total. The van der Waals surface area contributed by atoms with Gasteiger partial charge in [-0.3, -0.25) is 4.79 Å². The quantitative estimate of drug-likeness (QED) is 0.798. The van der Waals surface area contributed by atoms with Gasteiger partial charge in [-0.15, -0.1) is 0 Å². The Morgan fingerprint density at radius 1 is 1.32 bits per heavy atom. The molecular weight excluding hydrogens is 268 g/mol. The highest BCUT2D eigenvalue weighted by molar-refractivity contribution is 6.32. The van der Waals surface area contributed by atoms with Crippen LogP contribution in [0.4, 0.5) is 0 Å². The minimum atomic E-state index is -0.105. The van der Waals surface area contributed by atoms with Crippen molar-refractivity contribution in [1.82, 2.24) is 0 Å². The summed E-state index contributed by atoms with van der Waals surface area (Å²) in [6.45, 7) is 0.409. The second-order valence-electron chi connectivity index (χ2n) is 4.90. The van der Waals surface area contributed by atoms with E-state index in [9.17, 15) is 4.79 Å². The molecule has 0 radical (unpaired) electrons. The number of fused-ring (bicyclic) bond motifs is 1. The van der Waals surface area contributed by atoms with Gasteiger partial charge < -0.3 is 14.2 Å². The average molecular weight is 283 g/mol. The monoisotopic (exact) mass is 282 g/mol. The summed E-state index contributed by atoms with van der Waals surface area (Å²) < 4.78 is 15.8. The first-order valence-corrected chi connectivity index (χ1v) is 6.86. The SMILES string of the molecule is O=C(OCc1cc(Cl)c2c(c1)OCO2)C1CCCC1. The molecule has 5 heteroatoms. The van der Waals surface area contributed by atoms with E-state index >= 15 is 0 Å². The largest absolute Gasteiger partial charge is 0.461 e. The molecule has 0 amide bonds. The topological polar surface area (TPSA) is 44.8 Å². The molecule has 19 heavy (non-hydrogen) atoms. The Morgan fingerprint density at radius 2 is 2.11 bits per heavy atom. The zero-order valence-corrected chi connectivity index (χ0v) is 11.2. The fraction of sp³-hybridized carbons (Fsp3) is 0.500. The molecule has 0 aromatic heterocycles. The van der Waals surface area contributed by atoms with Crippen LogP contribution in [0.3, 0.4) is 0 Å². The minimum absolute atomic E-state index is 0.0736. The van der Waals surface area contributed by atoms with Crippen LogP contribution in [-0.2, 0) is 16.1 Å². The van der Waals surface area contributed by atoms with E-state index in [1.54, 1.807) is 12.1 Å². The van der Waals surface area contributed by atoms with Crippen LogP contribution in [0.1, 0.15) is 31.2 Å². The Kier molecular flexibility index (Phi) is 3.51. The number of ether oxygens (including phenoxy) is 3. The number of esters is 1. The maximum Gasteiger partial charge on any atom is 0.309 e. The van der Waals surface area contributed by atoms with Crippen LogP contribution >= 0.6 is 11.6 Å². The molecule has 1 heterocycles. The molecule has 1 saturated carbocycles. The maximum atomic E-state index is 11.8. The predicted octanol–water partition coefficient (Wildman–Crippen LogP) is 3.30. The van der Waals surface area contributed by atoms with Gasteiger partial charge in [0.2, 0.25) is 6.79 Å². The summed E-state index contributed by atoms with van der Waals surface area (Å²) in [5, 5.41) is 0.488. The molecule has 0 spiro atoms. The van der Waals surface area contributed by atoms with Crippen molar-refractivity contribution in [3.8, 4) is 11.5 Å². The second kappa shape index (κ2) is 5.29. The van der Waals surface area contributed by atoms with Gasteiger partial charge in [-0.1, -0.05) is 24.4 Å². The smallest absolute Gasteiger partial charge is 0.309 e. The molecule has 0 N–H and O–H groups in total. The van der Waals surface area contributed by atoms with E-state index in [1.807, 2.05) is 0 Å². The lowest BCUT2D eigenvalue weighted by Gasteiger charge is -2.10. The summed E-state index contributed by atoms with van der Waals surface area (Å²) in [6, 6.07) is 3.55. The Hall–Kier alpha value is -1.42. The first-order chi connectivity index (χ1) is 9.24. The third-order valence-corrected chi connectivity index (χ3v) is 3.84. The molecule has 1 aromatic carbocycles. The van der Waals surface area contributed by atoms with Crippen molar-refractivity contribution in [3.05, 3.63) is 22.7 Å². The summed E-state index contributed by atoms with van der Waals surface area (Å²) in [6.07, 6.45) is 4.13. The number of hydrogen-bond acceptors (Lipinski definition) is 4. The first-order valence-electron chi connectivity index (χ1n) is 6.48. The summed E-state index contributed by atoms with van der Waals surface area (Å²) >= 11 is 6.07. The van der Waals surface area contributed by atoms with Crippen LogP contribution in [0, 0.1) is 5.92 Å². The normalized spacial score (nSPS) is 17.7. The minimum Gasteiger partial charge on any atom is -0.461 e. The van der Waals surface area contributed by atoms with Crippen molar-refractivity contribution < 1.29 is 19.0 Å². The second-order valence-corrected chi connectivity index (χ2v) is 5.31. The van der Waals surface area contributed by atoms with Gasteiger partial charge in [0.05, 0.1) is 10.9 Å². The van der Waals surface area contributed by atoms with Gasteiger partial charge in [0, 0.05) is 0 Å². The molecule has 102 valence electrons. The predicted molar refractivity (Wildman–Crippen MR) is 69.3 cm³/mol. The van der Waals surface area contributed by atoms with Crippen molar-refractivity contribution in [2.24, 2.45) is 5.92 Å². The van der Waals surface area contributed by atoms with Gasteiger partial charge in [0.1, 0.15) is 6.61 Å². The molecule has 1 aliphatic carbocycles. The van der Waals surface area contributed by atoms with E-state index in [4.69, 9.17) is 25.8 Å². The first kappa shape index (κ1) is 12.6. The third kappa shape index (κ3) is 2.63. The number of rotatable bonds is 3. The highest BCUT2D eigenvalue weighted by atomic mass is 35.5. The van der Waals surface area contributed by atoms with E-state index in [0.29, 0.717) is 16.5 Å². The van der Waals surface area contributed by atoms with Crippen molar-refractivity contribution in [3.63, 3.8) is 0 Å². The lowest BCUT2D eigenvalue weighted by Crippen LogP contribution is -2.14. The number of hydrogen-bond donors (Lipinski definition) is 0. The van der Waals surface area contributed by atoms with Crippen molar-refractivity contribution in [2.75, 3.05) is 6.79 Å².